The van der Waals surface area contributed by atoms with Crippen molar-refractivity contribution in [2.45, 2.75) is 6.92 Å². The first-order chi connectivity index (χ1) is 7.58. The average molecular weight is 220 g/mol. The van der Waals surface area contributed by atoms with Crippen LogP contribution in [0.15, 0.2) is 36.4 Å². The lowest BCUT2D eigenvalue weighted by atomic mass is 10.0. The molecule has 1 nitrogen and oxygen atoms in total. The summed E-state index contributed by atoms with van der Waals surface area (Å²) in [5.41, 5.74) is 1.91. The normalized spacial score (nSPS) is 10.4. The summed E-state index contributed by atoms with van der Waals surface area (Å²) < 4.78 is 25.9. The van der Waals surface area contributed by atoms with Crippen molar-refractivity contribution in [1.82, 2.24) is 0 Å². The van der Waals surface area contributed by atoms with Crippen LogP contribution in [-0.2, 0) is 0 Å². The Labute approximate surface area is 92.0 Å². The fourth-order valence-electron chi connectivity index (χ4n) is 1.52. The minimum absolute atomic E-state index is 0.282. The molecule has 0 spiro atoms. The van der Waals surface area contributed by atoms with Gasteiger partial charge in [0.05, 0.1) is 0 Å². The van der Waals surface area contributed by atoms with E-state index in [4.69, 9.17) is 0 Å². The second-order valence-corrected chi connectivity index (χ2v) is 3.63. The molecule has 82 valence electrons. The predicted molar refractivity (Wildman–Crippen MR) is 58.2 cm³/mol. The molecule has 1 N–H and O–H groups in total. The van der Waals surface area contributed by atoms with Crippen LogP contribution in [0.5, 0.6) is 5.75 Å². The molecule has 0 aromatic heterocycles. The Morgan fingerprint density at radius 2 is 1.44 bits per heavy atom. The van der Waals surface area contributed by atoms with Crippen molar-refractivity contribution in [1.29, 1.82) is 0 Å². The minimum atomic E-state index is -0.664. The van der Waals surface area contributed by atoms with Gasteiger partial charge in [0.1, 0.15) is 5.82 Å². The van der Waals surface area contributed by atoms with Gasteiger partial charge >= 0.3 is 0 Å². The van der Waals surface area contributed by atoms with E-state index >= 15 is 0 Å². The van der Waals surface area contributed by atoms with E-state index in [2.05, 4.69) is 0 Å². The third-order valence-electron chi connectivity index (χ3n) is 2.44. The van der Waals surface area contributed by atoms with Crippen LogP contribution in [0.4, 0.5) is 8.78 Å². The fraction of sp³-hybridized carbons (Fsp3) is 0.0769. The molecule has 2 aromatic carbocycles. The first-order valence-electron chi connectivity index (χ1n) is 4.83. The molecule has 0 radical (unpaired) electrons. The zero-order valence-electron chi connectivity index (χ0n) is 8.67. The second-order valence-electron chi connectivity index (χ2n) is 3.63. The van der Waals surface area contributed by atoms with Crippen molar-refractivity contribution in [3.63, 3.8) is 0 Å². The maximum absolute atomic E-state index is 13.0. The molecule has 3 heteroatoms. The van der Waals surface area contributed by atoms with E-state index in [1.54, 1.807) is 25.1 Å². The number of halogens is 2. The third kappa shape index (κ3) is 1.89. The highest BCUT2D eigenvalue weighted by atomic mass is 19.1. The molecule has 0 bridgehead atoms. The molecule has 0 aliphatic carbocycles. The van der Waals surface area contributed by atoms with E-state index in [1.165, 1.54) is 18.2 Å². The fourth-order valence-corrected chi connectivity index (χ4v) is 1.52. The third-order valence-corrected chi connectivity index (χ3v) is 2.44. The lowest BCUT2D eigenvalue weighted by molar-refractivity contribution is 0.433. The Balaban J connectivity index is 2.50. The van der Waals surface area contributed by atoms with Gasteiger partial charge in [0.15, 0.2) is 11.6 Å². The van der Waals surface area contributed by atoms with E-state index in [9.17, 15) is 13.9 Å². The smallest absolute Gasteiger partial charge is 0.164 e. The maximum atomic E-state index is 13.0. The summed E-state index contributed by atoms with van der Waals surface area (Å²) in [4.78, 5) is 0. The summed E-state index contributed by atoms with van der Waals surface area (Å²) in [7, 11) is 0. The van der Waals surface area contributed by atoms with E-state index in [0.717, 1.165) is 5.56 Å². The number of benzene rings is 2. The van der Waals surface area contributed by atoms with E-state index in [0.29, 0.717) is 11.1 Å². The summed E-state index contributed by atoms with van der Waals surface area (Å²) in [6.45, 7) is 1.65. The van der Waals surface area contributed by atoms with Crippen molar-refractivity contribution in [2.75, 3.05) is 0 Å². The second kappa shape index (κ2) is 3.93. The zero-order valence-corrected chi connectivity index (χ0v) is 8.67. The summed E-state index contributed by atoms with van der Waals surface area (Å²) >= 11 is 0. The standard InChI is InChI=1S/C13H10F2O/c1-8-6-9(2-4-11(8)14)10-3-5-12(15)13(16)7-10/h2-7,16H,1H3. The van der Waals surface area contributed by atoms with E-state index in [1.807, 2.05) is 0 Å². The molecule has 0 atom stereocenters. The molecule has 2 aromatic rings. The Kier molecular flexibility index (Phi) is 2.60. The highest BCUT2D eigenvalue weighted by Gasteiger charge is 2.05. The minimum Gasteiger partial charge on any atom is -0.505 e. The number of hydrogen-bond donors (Lipinski definition) is 1. The lowest BCUT2D eigenvalue weighted by Crippen LogP contribution is -1.85. The van der Waals surface area contributed by atoms with Crippen molar-refractivity contribution in [3.8, 4) is 16.9 Å². The van der Waals surface area contributed by atoms with Crippen LogP contribution < -0.4 is 0 Å². The zero-order chi connectivity index (χ0) is 11.7. The van der Waals surface area contributed by atoms with Crippen LogP contribution in [0.25, 0.3) is 11.1 Å². The largest absolute Gasteiger partial charge is 0.505 e. The molecule has 0 aliphatic heterocycles. The van der Waals surface area contributed by atoms with Crippen LogP contribution in [0.2, 0.25) is 0 Å². The first-order valence-corrected chi connectivity index (χ1v) is 4.83. The van der Waals surface area contributed by atoms with Gasteiger partial charge in [-0.15, -0.1) is 0 Å². The molecule has 16 heavy (non-hydrogen) atoms. The summed E-state index contributed by atoms with van der Waals surface area (Å²) in [6, 6.07) is 8.65. The quantitative estimate of drug-likeness (QED) is 0.777. The molecule has 0 fully saturated rings. The highest BCUT2D eigenvalue weighted by Crippen LogP contribution is 2.26. The molecule has 0 unspecified atom stereocenters. The summed E-state index contributed by atoms with van der Waals surface area (Å²) in [6.07, 6.45) is 0. The molecule has 0 saturated carbocycles. The molecule has 0 aliphatic rings. The van der Waals surface area contributed by atoms with Crippen molar-refractivity contribution >= 4 is 0 Å². The van der Waals surface area contributed by atoms with Crippen molar-refractivity contribution < 1.29 is 13.9 Å². The first kappa shape index (κ1) is 10.6. The molecular weight excluding hydrogens is 210 g/mol. The van der Waals surface area contributed by atoms with Crippen molar-refractivity contribution in [3.05, 3.63) is 53.6 Å². The van der Waals surface area contributed by atoms with Crippen LogP contribution in [-0.4, -0.2) is 5.11 Å². The van der Waals surface area contributed by atoms with Gasteiger partial charge in [-0.2, -0.15) is 0 Å². The van der Waals surface area contributed by atoms with Crippen LogP contribution in [0.1, 0.15) is 5.56 Å². The van der Waals surface area contributed by atoms with Gasteiger partial charge in [0, 0.05) is 0 Å². The van der Waals surface area contributed by atoms with Gasteiger partial charge < -0.3 is 5.11 Å². The highest BCUT2D eigenvalue weighted by molar-refractivity contribution is 5.65. The van der Waals surface area contributed by atoms with Gasteiger partial charge in [-0.1, -0.05) is 12.1 Å². The number of rotatable bonds is 1. The van der Waals surface area contributed by atoms with Crippen molar-refractivity contribution in [2.24, 2.45) is 0 Å². The Hall–Kier alpha value is -1.90. The van der Waals surface area contributed by atoms with Gasteiger partial charge in [0.25, 0.3) is 0 Å². The number of aromatic hydroxyl groups is 1. The Morgan fingerprint density at radius 1 is 0.875 bits per heavy atom. The van der Waals surface area contributed by atoms with Gasteiger partial charge in [-0.3, -0.25) is 0 Å². The maximum Gasteiger partial charge on any atom is 0.164 e. The van der Waals surface area contributed by atoms with Crippen LogP contribution in [0.3, 0.4) is 0 Å². The van der Waals surface area contributed by atoms with E-state index < -0.39 is 11.6 Å². The number of phenols is 1. The molecule has 2 rings (SSSR count). The number of hydrogen-bond acceptors (Lipinski definition) is 1. The van der Waals surface area contributed by atoms with Gasteiger partial charge in [0.2, 0.25) is 0 Å². The summed E-state index contributed by atoms with van der Waals surface area (Å²) in [5.74, 6) is -1.35. The molecule has 0 heterocycles. The molecule has 0 saturated heterocycles. The van der Waals surface area contributed by atoms with Gasteiger partial charge in [-0.05, 0) is 47.9 Å². The molecular formula is C13H10F2O. The lowest BCUT2D eigenvalue weighted by Gasteiger charge is -2.05. The van der Waals surface area contributed by atoms with Crippen LogP contribution >= 0.6 is 0 Å². The SMILES string of the molecule is Cc1cc(-c2ccc(F)c(O)c2)ccc1F. The Morgan fingerprint density at radius 3 is 2.00 bits per heavy atom. The van der Waals surface area contributed by atoms with Gasteiger partial charge in [-0.25, -0.2) is 8.78 Å². The topological polar surface area (TPSA) is 20.2 Å². The van der Waals surface area contributed by atoms with Crippen LogP contribution in [0, 0.1) is 18.6 Å². The monoisotopic (exact) mass is 220 g/mol. The molecule has 0 amide bonds. The predicted octanol–water partition coefficient (Wildman–Crippen LogP) is 3.65. The summed E-state index contributed by atoms with van der Waals surface area (Å²) in [5, 5.41) is 9.24. The Bertz CT molecular complexity index is 486. The number of aryl methyl sites for hydroxylation is 1. The number of phenolic OH excluding ortho intramolecular Hbond substituents is 1. The van der Waals surface area contributed by atoms with E-state index in [-0.39, 0.29) is 5.82 Å². The average Bonchev–Trinajstić information content (AvgIpc) is 2.26.